The Kier molecular flexibility index (Phi) is 7.74. The molecule has 1 rings (SSSR count). The van der Waals surface area contributed by atoms with Crippen molar-refractivity contribution in [3.63, 3.8) is 0 Å². The molecule has 0 aliphatic rings. The van der Waals surface area contributed by atoms with E-state index in [0.717, 1.165) is 37.7 Å². The minimum absolute atomic E-state index is 0.715. The van der Waals surface area contributed by atoms with Crippen molar-refractivity contribution >= 4 is 0 Å². The molecule has 0 saturated carbocycles. The average molecular weight is 270 g/mol. The Morgan fingerprint density at radius 3 is 2.37 bits per heavy atom. The van der Waals surface area contributed by atoms with Gasteiger partial charge in [-0.25, -0.2) is 0 Å². The standard InChI is InChI=1S/C14H26N2O3/c1-12-9-13(19-14(12)10-15-2)11-16(5-7-17-3)6-8-18-4/h9,15H,5-8,10-11H2,1-4H3. The van der Waals surface area contributed by atoms with E-state index in [1.165, 1.54) is 5.56 Å². The third kappa shape index (κ3) is 5.74. The number of methoxy groups -OCH3 is 2. The van der Waals surface area contributed by atoms with E-state index in [9.17, 15) is 0 Å². The Labute approximate surface area is 115 Å². The number of aryl methyl sites for hydroxylation is 1. The molecule has 5 nitrogen and oxygen atoms in total. The van der Waals surface area contributed by atoms with Crippen molar-refractivity contribution in [3.05, 3.63) is 23.2 Å². The molecular weight excluding hydrogens is 244 g/mol. The lowest BCUT2D eigenvalue weighted by atomic mass is 10.2. The molecule has 1 aromatic heterocycles. The summed E-state index contributed by atoms with van der Waals surface area (Å²) < 4.78 is 16.1. The molecule has 1 N–H and O–H groups in total. The molecule has 0 aromatic carbocycles. The summed E-state index contributed by atoms with van der Waals surface area (Å²) in [6.07, 6.45) is 0. The van der Waals surface area contributed by atoms with Crippen molar-refractivity contribution in [1.29, 1.82) is 0 Å². The van der Waals surface area contributed by atoms with Gasteiger partial charge in [0.1, 0.15) is 11.5 Å². The predicted molar refractivity (Wildman–Crippen MR) is 75.2 cm³/mol. The van der Waals surface area contributed by atoms with E-state index >= 15 is 0 Å². The molecule has 0 saturated heterocycles. The largest absolute Gasteiger partial charge is 0.463 e. The summed E-state index contributed by atoms with van der Waals surface area (Å²) in [5.74, 6) is 2.01. The van der Waals surface area contributed by atoms with Crippen LogP contribution >= 0.6 is 0 Å². The maximum Gasteiger partial charge on any atom is 0.120 e. The number of furan rings is 1. The van der Waals surface area contributed by atoms with Crippen molar-refractivity contribution in [1.82, 2.24) is 10.2 Å². The second-order valence-electron chi connectivity index (χ2n) is 4.61. The second kappa shape index (κ2) is 9.09. The quantitative estimate of drug-likeness (QED) is 0.696. The normalized spacial score (nSPS) is 11.4. The Hall–Kier alpha value is -0.880. The predicted octanol–water partition coefficient (Wildman–Crippen LogP) is 1.40. The average Bonchev–Trinajstić information content (AvgIpc) is 2.73. The van der Waals surface area contributed by atoms with Crippen LogP contribution in [0.3, 0.4) is 0 Å². The molecule has 0 aliphatic carbocycles. The van der Waals surface area contributed by atoms with Gasteiger partial charge in [0.05, 0.1) is 26.3 Å². The van der Waals surface area contributed by atoms with Crippen molar-refractivity contribution < 1.29 is 13.9 Å². The molecule has 5 heteroatoms. The van der Waals surface area contributed by atoms with Crippen LogP contribution in [0.2, 0.25) is 0 Å². The van der Waals surface area contributed by atoms with E-state index in [4.69, 9.17) is 13.9 Å². The maximum absolute atomic E-state index is 5.86. The molecule has 0 bridgehead atoms. The van der Waals surface area contributed by atoms with Crippen molar-refractivity contribution in [2.45, 2.75) is 20.0 Å². The second-order valence-corrected chi connectivity index (χ2v) is 4.61. The van der Waals surface area contributed by atoms with Crippen LogP contribution in [0.15, 0.2) is 10.5 Å². The highest BCUT2D eigenvalue weighted by atomic mass is 16.5. The van der Waals surface area contributed by atoms with Gasteiger partial charge in [-0.3, -0.25) is 4.90 Å². The Morgan fingerprint density at radius 2 is 1.84 bits per heavy atom. The summed E-state index contributed by atoms with van der Waals surface area (Å²) in [5, 5.41) is 3.11. The van der Waals surface area contributed by atoms with Crippen LogP contribution < -0.4 is 5.32 Å². The Morgan fingerprint density at radius 1 is 1.21 bits per heavy atom. The molecule has 0 unspecified atom stereocenters. The molecule has 0 amide bonds. The van der Waals surface area contributed by atoms with Crippen LogP contribution in [0.5, 0.6) is 0 Å². The first-order chi connectivity index (χ1) is 9.21. The van der Waals surface area contributed by atoms with E-state index < -0.39 is 0 Å². The fourth-order valence-corrected chi connectivity index (χ4v) is 1.94. The third-order valence-electron chi connectivity index (χ3n) is 3.01. The molecule has 1 heterocycles. The molecule has 0 radical (unpaired) electrons. The number of nitrogens with zero attached hydrogens (tertiary/aromatic N) is 1. The van der Waals surface area contributed by atoms with Gasteiger partial charge in [0, 0.05) is 27.3 Å². The highest BCUT2D eigenvalue weighted by Gasteiger charge is 2.11. The molecule has 0 aliphatic heterocycles. The molecule has 110 valence electrons. The van der Waals surface area contributed by atoms with Gasteiger partial charge in [-0.1, -0.05) is 0 Å². The first kappa shape index (κ1) is 16.2. The van der Waals surface area contributed by atoms with Crippen molar-refractivity contribution in [2.75, 3.05) is 47.6 Å². The van der Waals surface area contributed by atoms with Gasteiger partial charge in [0.2, 0.25) is 0 Å². The van der Waals surface area contributed by atoms with Crippen LogP contribution in [0, 0.1) is 6.92 Å². The van der Waals surface area contributed by atoms with Crippen LogP contribution in [0.4, 0.5) is 0 Å². The minimum Gasteiger partial charge on any atom is -0.463 e. The Balaban J connectivity index is 2.58. The number of hydrogen-bond donors (Lipinski definition) is 1. The van der Waals surface area contributed by atoms with Gasteiger partial charge in [0.15, 0.2) is 0 Å². The van der Waals surface area contributed by atoms with E-state index in [0.29, 0.717) is 13.2 Å². The molecule has 19 heavy (non-hydrogen) atoms. The number of ether oxygens (including phenoxy) is 2. The molecule has 1 aromatic rings. The first-order valence-corrected chi connectivity index (χ1v) is 6.64. The van der Waals surface area contributed by atoms with E-state index in [1.54, 1.807) is 14.2 Å². The molecule has 0 atom stereocenters. The first-order valence-electron chi connectivity index (χ1n) is 6.64. The summed E-state index contributed by atoms with van der Waals surface area (Å²) >= 11 is 0. The highest BCUT2D eigenvalue weighted by molar-refractivity contribution is 5.19. The topological polar surface area (TPSA) is 46.9 Å². The lowest BCUT2D eigenvalue weighted by Crippen LogP contribution is -2.30. The van der Waals surface area contributed by atoms with Crippen LogP contribution in [0.1, 0.15) is 17.1 Å². The Bertz CT molecular complexity index is 344. The van der Waals surface area contributed by atoms with Crippen LogP contribution in [0.25, 0.3) is 0 Å². The van der Waals surface area contributed by atoms with E-state index in [2.05, 4.69) is 23.2 Å². The molecule has 0 spiro atoms. The minimum atomic E-state index is 0.715. The molecule has 0 fully saturated rings. The van der Waals surface area contributed by atoms with Gasteiger partial charge in [-0.15, -0.1) is 0 Å². The number of rotatable bonds is 10. The summed E-state index contributed by atoms with van der Waals surface area (Å²) in [7, 11) is 5.36. The number of nitrogens with one attached hydrogen (secondary N) is 1. The van der Waals surface area contributed by atoms with Gasteiger partial charge >= 0.3 is 0 Å². The van der Waals surface area contributed by atoms with Crippen LogP contribution in [-0.2, 0) is 22.6 Å². The summed E-state index contributed by atoms with van der Waals surface area (Å²) in [4.78, 5) is 2.27. The maximum atomic E-state index is 5.86. The smallest absolute Gasteiger partial charge is 0.120 e. The third-order valence-corrected chi connectivity index (χ3v) is 3.01. The van der Waals surface area contributed by atoms with Crippen LogP contribution in [-0.4, -0.2) is 52.5 Å². The van der Waals surface area contributed by atoms with Gasteiger partial charge in [-0.05, 0) is 25.6 Å². The zero-order valence-electron chi connectivity index (χ0n) is 12.5. The van der Waals surface area contributed by atoms with Gasteiger partial charge < -0.3 is 19.2 Å². The summed E-state index contributed by atoms with van der Waals surface area (Å²) in [6, 6.07) is 2.11. The van der Waals surface area contributed by atoms with Crippen molar-refractivity contribution in [3.8, 4) is 0 Å². The fourth-order valence-electron chi connectivity index (χ4n) is 1.94. The lowest BCUT2D eigenvalue weighted by molar-refractivity contribution is 0.106. The lowest BCUT2D eigenvalue weighted by Gasteiger charge is -2.20. The SMILES string of the molecule is CNCc1oc(CN(CCOC)CCOC)cc1C. The van der Waals surface area contributed by atoms with Gasteiger partial charge in [-0.2, -0.15) is 0 Å². The van der Waals surface area contributed by atoms with Crippen molar-refractivity contribution in [2.24, 2.45) is 0 Å². The highest BCUT2D eigenvalue weighted by Crippen LogP contribution is 2.16. The fraction of sp³-hybridized carbons (Fsp3) is 0.714. The zero-order valence-corrected chi connectivity index (χ0v) is 12.5. The van der Waals surface area contributed by atoms with Gasteiger partial charge in [0.25, 0.3) is 0 Å². The molecular formula is C14H26N2O3. The zero-order chi connectivity index (χ0) is 14.1. The number of hydrogen-bond acceptors (Lipinski definition) is 5. The van der Waals surface area contributed by atoms with E-state index in [-0.39, 0.29) is 0 Å². The monoisotopic (exact) mass is 270 g/mol. The summed E-state index contributed by atoms with van der Waals surface area (Å²) in [6.45, 7) is 6.81. The summed E-state index contributed by atoms with van der Waals surface area (Å²) in [5.41, 5.74) is 1.20. The van der Waals surface area contributed by atoms with E-state index in [1.807, 2.05) is 7.05 Å².